The predicted octanol–water partition coefficient (Wildman–Crippen LogP) is 1.72. The summed E-state index contributed by atoms with van der Waals surface area (Å²) < 4.78 is 5.11. The van der Waals surface area contributed by atoms with Crippen LogP contribution in [0.2, 0.25) is 0 Å². The standard InChI is InChI=1S/C10H15NO2/c1-3-9(12)8-5-4-7(11)6-10(8)13-2/h4-6,9,12H,3,11H2,1-2H3. The number of hydrogen-bond donors (Lipinski definition) is 2. The molecule has 0 aliphatic carbocycles. The molecule has 0 bridgehead atoms. The molecule has 1 rings (SSSR count). The zero-order valence-corrected chi connectivity index (χ0v) is 7.95. The van der Waals surface area contributed by atoms with Gasteiger partial charge in [-0.15, -0.1) is 0 Å². The van der Waals surface area contributed by atoms with Crippen molar-refractivity contribution in [2.24, 2.45) is 0 Å². The average Bonchev–Trinajstić information content (AvgIpc) is 2.16. The van der Waals surface area contributed by atoms with Crippen LogP contribution in [0.15, 0.2) is 18.2 Å². The van der Waals surface area contributed by atoms with Crippen LogP contribution in [0.5, 0.6) is 5.75 Å². The molecule has 0 saturated carbocycles. The fourth-order valence-electron chi connectivity index (χ4n) is 1.22. The lowest BCUT2D eigenvalue weighted by Gasteiger charge is -2.13. The maximum atomic E-state index is 9.61. The van der Waals surface area contributed by atoms with Crippen LogP contribution in [0.3, 0.4) is 0 Å². The summed E-state index contributed by atoms with van der Waals surface area (Å²) in [5.41, 5.74) is 7.02. The molecule has 0 aliphatic rings. The molecular formula is C10H15NO2. The molecule has 0 saturated heterocycles. The fraction of sp³-hybridized carbons (Fsp3) is 0.400. The molecular weight excluding hydrogens is 166 g/mol. The van der Waals surface area contributed by atoms with Crippen molar-refractivity contribution in [2.75, 3.05) is 12.8 Å². The van der Waals surface area contributed by atoms with Crippen molar-refractivity contribution in [3.63, 3.8) is 0 Å². The van der Waals surface area contributed by atoms with E-state index in [1.807, 2.05) is 6.92 Å². The third-order valence-corrected chi connectivity index (χ3v) is 2.00. The van der Waals surface area contributed by atoms with E-state index in [1.165, 1.54) is 0 Å². The van der Waals surface area contributed by atoms with Gasteiger partial charge in [0.1, 0.15) is 5.75 Å². The van der Waals surface area contributed by atoms with Gasteiger partial charge in [-0.3, -0.25) is 0 Å². The Morgan fingerprint density at radius 2 is 2.23 bits per heavy atom. The molecule has 1 unspecified atom stereocenters. The van der Waals surface area contributed by atoms with Crippen LogP contribution in [0.25, 0.3) is 0 Å². The summed E-state index contributed by atoms with van der Waals surface area (Å²) in [5, 5.41) is 9.61. The van der Waals surface area contributed by atoms with Crippen LogP contribution >= 0.6 is 0 Å². The van der Waals surface area contributed by atoms with Crippen molar-refractivity contribution >= 4 is 5.69 Å². The van der Waals surface area contributed by atoms with Crippen LogP contribution in [0.1, 0.15) is 25.0 Å². The summed E-state index contributed by atoms with van der Waals surface area (Å²) in [4.78, 5) is 0. The van der Waals surface area contributed by atoms with Crippen LogP contribution < -0.4 is 10.5 Å². The minimum atomic E-state index is -0.476. The molecule has 3 nitrogen and oxygen atoms in total. The van der Waals surface area contributed by atoms with Crippen LogP contribution in [0.4, 0.5) is 5.69 Å². The molecule has 1 aromatic rings. The number of nitrogens with two attached hydrogens (primary N) is 1. The first-order valence-corrected chi connectivity index (χ1v) is 4.30. The van der Waals surface area contributed by atoms with Gasteiger partial charge in [0.25, 0.3) is 0 Å². The minimum Gasteiger partial charge on any atom is -0.496 e. The molecule has 0 aliphatic heterocycles. The Labute approximate surface area is 78.1 Å². The molecule has 1 aromatic carbocycles. The first kappa shape index (κ1) is 9.86. The molecule has 3 heteroatoms. The molecule has 0 fully saturated rings. The Balaban J connectivity index is 3.05. The zero-order valence-electron chi connectivity index (χ0n) is 7.95. The van der Waals surface area contributed by atoms with E-state index in [0.717, 1.165) is 5.56 Å². The highest BCUT2D eigenvalue weighted by molar-refractivity contribution is 5.49. The summed E-state index contributed by atoms with van der Waals surface area (Å²) in [6, 6.07) is 5.27. The molecule has 0 amide bonds. The number of nitrogen functional groups attached to an aromatic ring is 1. The number of hydrogen-bond acceptors (Lipinski definition) is 3. The molecule has 0 heterocycles. The Kier molecular flexibility index (Phi) is 3.14. The van der Waals surface area contributed by atoms with Crippen molar-refractivity contribution in [1.29, 1.82) is 0 Å². The number of benzene rings is 1. The first-order valence-electron chi connectivity index (χ1n) is 4.30. The monoisotopic (exact) mass is 181 g/mol. The third-order valence-electron chi connectivity index (χ3n) is 2.00. The van der Waals surface area contributed by atoms with E-state index in [-0.39, 0.29) is 0 Å². The first-order chi connectivity index (χ1) is 6.19. The van der Waals surface area contributed by atoms with E-state index in [4.69, 9.17) is 10.5 Å². The number of ether oxygens (including phenoxy) is 1. The Bertz CT molecular complexity index is 286. The minimum absolute atomic E-state index is 0.476. The SMILES string of the molecule is CCC(O)c1ccc(N)cc1OC. The number of aliphatic hydroxyl groups is 1. The lowest BCUT2D eigenvalue weighted by Crippen LogP contribution is -2.00. The van der Waals surface area contributed by atoms with Gasteiger partial charge in [-0.25, -0.2) is 0 Å². The number of aliphatic hydroxyl groups excluding tert-OH is 1. The van der Waals surface area contributed by atoms with E-state index >= 15 is 0 Å². The van der Waals surface area contributed by atoms with E-state index in [1.54, 1.807) is 25.3 Å². The van der Waals surface area contributed by atoms with E-state index in [2.05, 4.69) is 0 Å². The van der Waals surface area contributed by atoms with Crippen LogP contribution in [-0.2, 0) is 0 Å². The maximum absolute atomic E-state index is 9.61. The summed E-state index contributed by atoms with van der Waals surface area (Å²) in [7, 11) is 1.57. The van der Waals surface area contributed by atoms with E-state index < -0.39 is 6.10 Å². The molecule has 3 N–H and O–H groups in total. The quantitative estimate of drug-likeness (QED) is 0.698. The normalized spacial score (nSPS) is 12.5. The van der Waals surface area contributed by atoms with Crippen molar-refractivity contribution in [1.82, 2.24) is 0 Å². The molecule has 1 atom stereocenters. The molecule has 0 spiro atoms. The van der Waals surface area contributed by atoms with Gasteiger partial charge in [0, 0.05) is 17.3 Å². The molecule has 0 aromatic heterocycles. The molecule has 72 valence electrons. The summed E-state index contributed by atoms with van der Waals surface area (Å²) in [6.07, 6.45) is 0.191. The highest BCUT2D eigenvalue weighted by atomic mass is 16.5. The highest BCUT2D eigenvalue weighted by Gasteiger charge is 2.10. The highest BCUT2D eigenvalue weighted by Crippen LogP contribution is 2.28. The zero-order chi connectivity index (χ0) is 9.84. The van der Waals surface area contributed by atoms with E-state index in [0.29, 0.717) is 17.9 Å². The third kappa shape index (κ3) is 2.12. The van der Waals surface area contributed by atoms with E-state index in [9.17, 15) is 5.11 Å². The lowest BCUT2D eigenvalue weighted by molar-refractivity contribution is 0.169. The second-order valence-corrected chi connectivity index (χ2v) is 2.93. The largest absolute Gasteiger partial charge is 0.496 e. The Morgan fingerprint density at radius 3 is 2.77 bits per heavy atom. The maximum Gasteiger partial charge on any atom is 0.126 e. The fourth-order valence-corrected chi connectivity index (χ4v) is 1.22. The number of anilines is 1. The summed E-state index contributed by atoms with van der Waals surface area (Å²) in [6.45, 7) is 1.92. The van der Waals surface area contributed by atoms with Crippen molar-refractivity contribution < 1.29 is 9.84 Å². The van der Waals surface area contributed by atoms with Gasteiger partial charge in [-0.2, -0.15) is 0 Å². The van der Waals surface area contributed by atoms with Crippen LogP contribution in [-0.4, -0.2) is 12.2 Å². The number of rotatable bonds is 3. The van der Waals surface area contributed by atoms with Crippen molar-refractivity contribution in [3.05, 3.63) is 23.8 Å². The molecule has 0 radical (unpaired) electrons. The second kappa shape index (κ2) is 4.14. The van der Waals surface area contributed by atoms with Gasteiger partial charge >= 0.3 is 0 Å². The Hall–Kier alpha value is -1.22. The van der Waals surface area contributed by atoms with Gasteiger partial charge in [0.15, 0.2) is 0 Å². The van der Waals surface area contributed by atoms with Gasteiger partial charge in [-0.1, -0.05) is 13.0 Å². The summed E-state index contributed by atoms with van der Waals surface area (Å²) >= 11 is 0. The van der Waals surface area contributed by atoms with Crippen LogP contribution in [0, 0.1) is 0 Å². The lowest BCUT2D eigenvalue weighted by atomic mass is 10.1. The second-order valence-electron chi connectivity index (χ2n) is 2.93. The van der Waals surface area contributed by atoms with Gasteiger partial charge < -0.3 is 15.6 Å². The Morgan fingerprint density at radius 1 is 1.54 bits per heavy atom. The van der Waals surface area contributed by atoms with Crippen molar-refractivity contribution in [3.8, 4) is 5.75 Å². The van der Waals surface area contributed by atoms with Gasteiger partial charge in [0.05, 0.1) is 13.2 Å². The van der Waals surface area contributed by atoms with Gasteiger partial charge in [0.2, 0.25) is 0 Å². The average molecular weight is 181 g/mol. The number of methoxy groups -OCH3 is 1. The van der Waals surface area contributed by atoms with Gasteiger partial charge in [-0.05, 0) is 12.5 Å². The smallest absolute Gasteiger partial charge is 0.126 e. The van der Waals surface area contributed by atoms with Crippen molar-refractivity contribution in [2.45, 2.75) is 19.4 Å². The summed E-state index contributed by atoms with van der Waals surface area (Å²) in [5.74, 6) is 0.648. The topological polar surface area (TPSA) is 55.5 Å². The predicted molar refractivity (Wildman–Crippen MR) is 52.7 cm³/mol. The molecule has 13 heavy (non-hydrogen) atoms.